The number of nitrogens with zero attached hydrogens (tertiary/aromatic N) is 4. The number of amides is 1. The largest absolute Gasteiger partial charge is 0.480 e. The van der Waals surface area contributed by atoms with E-state index in [0.29, 0.717) is 10.6 Å². The maximum absolute atomic E-state index is 12.8. The number of hydrogen-bond acceptors (Lipinski definition) is 9. The number of methoxy groups -OCH3 is 3. The van der Waals surface area contributed by atoms with Crippen LogP contribution in [0, 0.1) is 0 Å². The van der Waals surface area contributed by atoms with Gasteiger partial charge in [-0.15, -0.1) is 0 Å². The van der Waals surface area contributed by atoms with Crippen LogP contribution in [0.15, 0.2) is 24.7 Å². The zero-order chi connectivity index (χ0) is 22.6. The van der Waals surface area contributed by atoms with Crippen molar-refractivity contribution in [2.45, 2.75) is 12.8 Å². The van der Waals surface area contributed by atoms with Gasteiger partial charge in [0.05, 0.1) is 37.0 Å². The molecule has 0 bridgehead atoms. The van der Waals surface area contributed by atoms with Crippen molar-refractivity contribution in [3.05, 3.63) is 40.7 Å². The van der Waals surface area contributed by atoms with Crippen LogP contribution in [0.5, 0.6) is 11.8 Å². The number of aromatic nitrogens is 4. The van der Waals surface area contributed by atoms with Crippen LogP contribution in [-0.4, -0.2) is 47.2 Å². The molecule has 0 radical (unpaired) electrons. The van der Waals surface area contributed by atoms with Crippen molar-refractivity contribution in [2.75, 3.05) is 26.6 Å². The molecule has 0 aromatic carbocycles. The monoisotopic (exact) mass is 455 g/mol. The number of nitrogens with one attached hydrogen (secondary N) is 1. The van der Waals surface area contributed by atoms with Gasteiger partial charge >= 0.3 is 6.18 Å². The number of pyridine rings is 1. The molecular weight excluding hydrogens is 439 g/mol. The Kier molecular flexibility index (Phi) is 6.65. The molecule has 0 spiro atoms. The number of alkyl halides is 3. The molecule has 1 amide bonds. The topological polar surface area (TPSA) is 108 Å². The van der Waals surface area contributed by atoms with Crippen LogP contribution in [0.25, 0.3) is 11.4 Å². The Bertz CT molecular complexity index is 1050. The summed E-state index contributed by atoms with van der Waals surface area (Å²) in [6.45, 7) is 0.118. The Morgan fingerprint density at radius 2 is 1.77 bits per heavy atom. The van der Waals surface area contributed by atoms with E-state index in [1.165, 1.54) is 33.7 Å². The quantitative estimate of drug-likeness (QED) is 0.577. The smallest absolute Gasteiger partial charge is 0.417 e. The number of thiazole rings is 1. The summed E-state index contributed by atoms with van der Waals surface area (Å²) in [7, 11) is 4.14. The van der Waals surface area contributed by atoms with Gasteiger partial charge in [0.15, 0.2) is 10.7 Å². The van der Waals surface area contributed by atoms with Crippen LogP contribution in [-0.2, 0) is 17.5 Å². The Morgan fingerprint density at radius 1 is 1.10 bits per heavy atom. The summed E-state index contributed by atoms with van der Waals surface area (Å²) >= 11 is 1.09. The SMILES string of the molecule is COCc1sc(NC(=O)c2c(OC)ncnc2OC)nc1-c1ccc(C(F)(F)F)cn1. The molecule has 0 atom stereocenters. The molecule has 3 rings (SSSR count). The van der Waals surface area contributed by atoms with E-state index < -0.39 is 17.6 Å². The third-order valence-corrected chi connectivity index (χ3v) is 4.86. The molecule has 13 heteroatoms. The first-order chi connectivity index (χ1) is 14.8. The molecule has 0 aliphatic carbocycles. The van der Waals surface area contributed by atoms with Crippen molar-refractivity contribution in [2.24, 2.45) is 0 Å². The third-order valence-electron chi connectivity index (χ3n) is 3.92. The summed E-state index contributed by atoms with van der Waals surface area (Å²) in [4.78, 5) is 29.3. The number of halogens is 3. The third kappa shape index (κ3) is 4.88. The molecule has 0 fully saturated rings. The van der Waals surface area contributed by atoms with E-state index in [1.54, 1.807) is 0 Å². The molecule has 164 valence electrons. The predicted octanol–water partition coefficient (Wildman–Crippen LogP) is 3.43. The van der Waals surface area contributed by atoms with Gasteiger partial charge in [0.2, 0.25) is 11.8 Å². The summed E-state index contributed by atoms with van der Waals surface area (Å²) in [6.07, 6.45) is -2.60. The van der Waals surface area contributed by atoms with Gasteiger partial charge in [-0.2, -0.15) is 13.2 Å². The average Bonchev–Trinajstić information content (AvgIpc) is 3.14. The normalized spacial score (nSPS) is 11.3. The number of ether oxygens (including phenoxy) is 3. The molecule has 1 N–H and O–H groups in total. The van der Waals surface area contributed by atoms with E-state index in [2.05, 4.69) is 25.3 Å². The number of rotatable bonds is 7. The van der Waals surface area contributed by atoms with Crippen LogP contribution in [0.4, 0.5) is 18.3 Å². The van der Waals surface area contributed by atoms with Crippen LogP contribution in [0.1, 0.15) is 20.8 Å². The molecular formula is C18H16F3N5O4S. The summed E-state index contributed by atoms with van der Waals surface area (Å²) in [6, 6.07) is 2.12. The summed E-state index contributed by atoms with van der Waals surface area (Å²) in [5.74, 6) is -0.635. The first kappa shape index (κ1) is 22.4. The Morgan fingerprint density at radius 3 is 2.29 bits per heavy atom. The lowest BCUT2D eigenvalue weighted by molar-refractivity contribution is -0.137. The number of hydrogen-bond donors (Lipinski definition) is 1. The molecule has 31 heavy (non-hydrogen) atoms. The van der Waals surface area contributed by atoms with Crippen LogP contribution in [0.3, 0.4) is 0 Å². The number of carbonyl (C=O) groups is 1. The summed E-state index contributed by atoms with van der Waals surface area (Å²) in [5.41, 5.74) is -0.420. The lowest BCUT2D eigenvalue weighted by Crippen LogP contribution is -2.16. The standard InChI is InChI=1S/C18H16F3N5O4S/c1-28-7-11-13(10-5-4-9(6-22-10)18(19,20)21)25-17(31-11)26-14(27)12-15(29-2)23-8-24-16(12)30-3/h4-6,8H,7H2,1-3H3,(H,25,26,27). The molecule has 3 heterocycles. The van der Waals surface area contributed by atoms with E-state index >= 15 is 0 Å². The minimum absolute atomic E-state index is 0.00245. The number of anilines is 1. The minimum atomic E-state index is -4.50. The van der Waals surface area contributed by atoms with Crippen molar-refractivity contribution in [1.82, 2.24) is 19.9 Å². The van der Waals surface area contributed by atoms with Gasteiger partial charge in [-0.05, 0) is 12.1 Å². The molecule has 0 unspecified atom stereocenters. The van der Waals surface area contributed by atoms with E-state index in [9.17, 15) is 18.0 Å². The first-order valence-electron chi connectivity index (χ1n) is 8.55. The second-order valence-corrected chi connectivity index (χ2v) is 6.96. The van der Waals surface area contributed by atoms with Crippen molar-refractivity contribution >= 4 is 22.4 Å². The van der Waals surface area contributed by atoms with Crippen molar-refractivity contribution in [3.63, 3.8) is 0 Å². The molecule has 0 aliphatic rings. The Hall–Kier alpha value is -3.32. The fourth-order valence-corrected chi connectivity index (χ4v) is 3.49. The second-order valence-electron chi connectivity index (χ2n) is 5.88. The molecule has 0 saturated heterocycles. The highest BCUT2D eigenvalue weighted by molar-refractivity contribution is 7.16. The van der Waals surface area contributed by atoms with Crippen LogP contribution in [0.2, 0.25) is 0 Å². The Labute approximate surface area is 178 Å². The molecule has 3 aromatic heterocycles. The van der Waals surface area contributed by atoms with Gasteiger partial charge in [0.1, 0.15) is 12.0 Å². The van der Waals surface area contributed by atoms with Gasteiger partial charge in [0.25, 0.3) is 5.91 Å². The fraction of sp³-hybridized carbons (Fsp3) is 0.278. The fourth-order valence-electron chi connectivity index (χ4n) is 2.55. The first-order valence-corrected chi connectivity index (χ1v) is 9.36. The van der Waals surface area contributed by atoms with E-state index in [-0.39, 0.29) is 34.8 Å². The summed E-state index contributed by atoms with van der Waals surface area (Å²) in [5, 5.41) is 2.77. The van der Waals surface area contributed by atoms with Gasteiger partial charge in [-0.1, -0.05) is 11.3 Å². The van der Waals surface area contributed by atoms with Gasteiger partial charge < -0.3 is 14.2 Å². The zero-order valence-electron chi connectivity index (χ0n) is 16.5. The summed E-state index contributed by atoms with van der Waals surface area (Å²) < 4.78 is 53.7. The van der Waals surface area contributed by atoms with Crippen molar-refractivity contribution in [1.29, 1.82) is 0 Å². The minimum Gasteiger partial charge on any atom is -0.480 e. The zero-order valence-corrected chi connectivity index (χ0v) is 17.3. The molecule has 0 saturated carbocycles. The molecule has 3 aromatic rings. The van der Waals surface area contributed by atoms with Crippen molar-refractivity contribution in [3.8, 4) is 23.1 Å². The highest BCUT2D eigenvalue weighted by Gasteiger charge is 2.31. The van der Waals surface area contributed by atoms with Crippen LogP contribution >= 0.6 is 11.3 Å². The molecule has 0 aliphatic heterocycles. The number of carbonyl (C=O) groups excluding carboxylic acids is 1. The predicted molar refractivity (Wildman–Crippen MR) is 104 cm³/mol. The Balaban J connectivity index is 1.93. The van der Waals surface area contributed by atoms with E-state index in [4.69, 9.17) is 14.2 Å². The van der Waals surface area contributed by atoms with Crippen molar-refractivity contribution < 1.29 is 32.2 Å². The maximum Gasteiger partial charge on any atom is 0.417 e. The van der Waals surface area contributed by atoms with Gasteiger partial charge in [-0.25, -0.2) is 15.0 Å². The average molecular weight is 455 g/mol. The molecule has 9 nitrogen and oxygen atoms in total. The van der Waals surface area contributed by atoms with Gasteiger partial charge in [-0.3, -0.25) is 15.1 Å². The van der Waals surface area contributed by atoms with E-state index in [0.717, 1.165) is 23.6 Å². The van der Waals surface area contributed by atoms with E-state index in [1.807, 2.05) is 0 Å². The highest BCUT2D eigenvalue weighted by Crippen LogP contribution is 2.34. The lowest BCUT2D eigenvalue weighted by Gasteiger charge is -2.09. The van der Waals surface area contributed by atoms with Crippen LogP contribution < -0.4 is 14.8 Å². The maximum atomic E-state index is 12.8. The van der Waals surface area contributed by atoms with Gasteiger partial charge in [0, 0.05) is 13.3 Å². The second kappa shape index (κ2) is 9.22. The lowest BCUT2D eigenvalue weighted by atomic mass is 10.2. The highest BCUT2D eigenvalue weighted by atomic mass is 32.1.